The number of piperidine rings is 1. The Morgan fingerprint density at radius 2 is 2.00 bits per heavy atom. The largest absolute Gasteiger partial charge is 0.375 e. The molecule has 2 amide bonds. The number of carbonyl (C=O) groups excluding carboxylic acids is 2. The molecule has 1 aliphatic rings. The molecular weight excluding hydrogens is 361 g/mol. The van der Waals surface area contributed by atoms with Crippen molar-refractivity contribution in [2.75, 3.05) is 20.3 Å². The SMILES string of the molecule is COCC(=O)N1CC(C(=O)NCc2ccccn2)CCC1c1ccc(F)cc1. The van der Waals surface area contributed by atoms with E-state index in [9.17, 15) is 14.0 Å². The molecule has 2 heterocycles. The highest BCUT2D eigenvalue weighted by molar-refractivity contribution is 5.82. The fraction of sp³-hybridized carbons (Fsp3) is 0.381. The summed E-state index contributed by atoms with van der Waals surface area (Å²) in [6.07, 6.45) is 2.95. The molecule has 7 heteroatoms. The predicted molar refractivity (Wildman–Crippen MR) is 102 cm³/mol. The quantitative estimate of drug-likeness (QED) is 0.829. The molecule has 1 aliphatic heterocycles. The van der Waals surface area contributed by atoms with Crippen molar-refractivity contribution in [2.45, 2.75) is 25.4 Å². The van der Waals surface area contributed by atoms with Crippen LogP contribution < -0.4 is 5.32 Å². The van der Waals surface area contributed by atoms with Crippen molar-refractivity contribution in [1.29, 1.82) is 0 Å². The second kappa shape index (κ2) is 9.41. The zero-order chi connectivity index (χ0) is 19.9. The number of nitrogens with one attached hydrogen (secondary N) is 1. The third-order valence-electron chi connectivity index (χ3n) is 4.97. The molecular formula is C21H24FN3O3. The molecule has 2 aromatic rings. The van der Waals surface area contributed by atoms with Crippen molar-refractivity contribution in [1.82, 2.24) is 15.2 Å². The lowest BCUT2D eigenvalue weighted by atomic mass is 9.88. The van der Waals surface area contributed by atoms with E-state index in [2.05, 4.69) is 10.3 Å². The van der Waals surface area contributed by atoms with Gasteiger partial charge in [0.15, 0.2) is 0 Å². The molecule has 1 aromatic heterocycles. The molecule has 1 fully saturated rings. The maximum Gasteiger partial charge on any atom is 0.249 e. The number of likely N-dealkylation sites (tertiary alicyclic amines) is 1. The fourth-order valence-electron chi connectivity index (χ4n) is 3.52. The van der Waals surface area contributed by atoms with E-state index in [1.54, 1.807) is 23.2 Å². The van der Waals surface area contributed by atoms with E-state index in [-0.39, 0.29) is 36.2 Å². The van der Waals surface area contributed by atoms with Crippen LogP contribution in [0.2, 0.25) is 0 Å². The molecule has 148 valence electrons. The summed E-state index contributed by atoms with van der Waals surface area (Å²) in [4.78, 5) is 31.1. The summed E-state index contributed by atoms with van der Waals surface area (Å²) in [6, 6.07) is 11.5. The average molecular weight is 385 g/mol. The highest BCUT2D eigenvalue weighted by Crippen LogP contribution is 2.33. The molecule has 1 N–H and O–H groups in total. The van der Waals surface area contributed by atoms with Crippen LogP contribution in [0.4, 0.5) is 4.39 Å². The van der Waals surface area contributed by atoms with Crippen LogP contribution >= 0.6 is 0 Å². The lowest BCUT2D eigenvalue weighted by molar-refractivity contribution is -0.142. The van der Waals surface area contributed by atoms with Crippen molar-refractivity contribution in [3.05, 3.63) is 65.7 Å². The van der Waals surface area contributed by atoms with Crippen molar-refractivity contribution >= 4 is 11.8 Å². The lowest BCUT2D eigenvalue weighted by Crippen LogP contribution is -2.47. The van der Waals surface area contributed by atoms with E-state index >= 15 is 0 Å². The number of rotatable bonds is 6. The maximum absolute atomic E-state index is 13.3. The minimum atomic E-state index is -0.318. The van der Waals surface area contributed by atoms with Crippen molar-refractivity contribution in [3.63, 3.8) is 0 Å². The van der Waals surface area contributed by atoms with E-state index < -0.39 is 0 Å². The topological polar surface area (TPSA) is 71.5 Å². The van der Waals surface area contributed by atoms with E-state index in [0.29, 0.717) is 25.9 Å². The van der Waals surface area contributed by atoms with Crippen LogP contribution in [0.25, 0.3) is 0 Å². The van der Waals surface area contributed by atoms with Crippen LogP contribution in [0.1, 0.15) is 30.1 Å². The number of amides is 2. The Kier molecular flexibility index (Phi) is 6.71. The highest BCUT2D eigenvalue weighted by Gasteiger charge is 2.35. The average Bonchev–Trinajstić information content (AvgIpc) is 2.73. The van der Waals surface area contributed by atoms with Gasteiger partial charge in [0.25, 0.3) is 0 Å². The molecule has 0 radical (unpaired) electrons. The van der Waals surface area contributed by atoms with Gasteiger partial charge in [0, 0.05) is 19.9 Å². The van der Waals surface area contributed by atoms with E-state index in [4.69, 9.17) is 4.74 Å². The second-order valence-corrected chi connectivity index (χ2v) is 6.86. The smallest absolute Gasteiger partial charge is 0.249 e. The van der Waals surface area contributed by atoms with Crippen LogP contribution in [-0.4, -0.2) is 42.0 Å². The normalized spacial score (nSPS) is 19.3. The second-order valence-electron chi connectivity index (χ2n) is 6.86. The van der Waals surface area contributed by atoms with Gasteiger partial charge in [0.05, 0.1) is 24.2 Å². The third-order valence-corrected chi connectivity index (χ3v) is 4.97. The van der Waals surface area contributed by atoms with Gasteiger partial charge in [0.2, 0.25) is 11.8 Å². The molecule has 0 aliphatic carbocycles. The Labute approximate surface area is 163 Å². The molecule has 2 atom stereocenters. The van der Waals surface area contributed by atoms with E-state index in [1.165, 1.54) is 19.2 Å². The Morgan fingerprint density at radius 1 is 1.21 bits per heavy atom. The molecule has 1 aromatic carbocycles. The van der Waals surface area contributed by atoms with Gasteiger partial charge in [-0.1, -0.05) is 18.2 Å². The molecule has 0 bridgehead atoms. The van der Waals surface area contributed by atoms with Crippen LogP contribution in [0.3, 0.4) is 0 Å². The van der Waals surface area contributed by atoms with E-state index in [0.717, 1.165) is 11.3 Å². The van der Waals surface area contributed by atoms with Gasteiger partial charge in [-0.25, -0.2) is 4.39 Å². The molecule has 1 saturated heterocycles. The number of nitrogens with zero attached hydrogens (tertiary/aromatic N) is 2. The van der Waals surface area contributed by atoms with Gasteiger partial charge in [0.1, 0.15) is 12.4 Å². The first-order valence-electron chi connectivity index (χ1n) is 9.30. The van der Waals surface area contributed by atoms with Crippen molar-refractivity contribution in [3.8, 4) is 0 Å². The number of pyridine rings is 1. The van der Waals surface area contributed by atoms with Gasteiger partial charge in [-0.2, -0.15) is 0 Å². The number of carbonyl (C=O) groups is 2. The number of halogens is 1. The Morgan fingerprint density at radius 3 is 2.68 bits per heavy atom. The van der Waals surface area contributed by atoms with Gasteiger partial charge in [-0.15, -0.1) is 0 Å². The van der Waals surface area contributed by atoms with Crippen molar-refractivity contribution < 1.29 is 18.7 Å². The van der Waals surface area contributed by atoms with Crippen LogP contribution in [0.5, 0.6) is 0 Å². The molecule has 0 saturated carbocycles. The number of aromatic nitrogens is 1. The summed E-state index contributed by atoms with van der Waals surface area (Å²) in [7, 11) is 1.46. The first-order chi connectivity index (χ1) is 13.6. The fourth-order valence-corrected chi connectivity index (χ4v) is 3.52. The Bertz CT molecular complexity index is 798. The Balaban J connectivity index is 1.68. The monoisotopic (exact) mass is 385 g/mol. The predicted octanol–water partition coefficient (Wildman–Crippen LogP) is 2.46. The van der Waals surface area contributed by atoms with Gasteiger partial charge in [-0.3, -0.25) is 14.6 Å². The third kappa shape index (κ3) is 4.92. The molecule has 3 rings (SSSR count). The first-order valence-corrected chi connectivity index (χ1v) is 9.30. The number of benzene rings is 1. The first kappa shape index (κ1) is 19.9. The summed E-state index contributed by atoms with van der Waals surface area (Å²) in [5, 5.41) is 2.90. The summed E-state index contributed by atoms with van der Waals surface area (Å²) in [5.41, 5.74) is 1.64. The van der Waals surface area contributed by atoms with Crippen LogP contribution in [0.15, 0.2) is 48.7 Å². The van der Waals surface area contributed by atoms with Gasteiger partial charge >= 0.3 is 0 Å². The minimum absolute atomic E-state index is 0.0556. The summed E-state index contributed by atoms with van der Waals surface area (Å²) >= 11 is 0. The Hall–Kier alpha value is -2.80. The van der Waals surface area contributed by atoms with Crippen LogP contribution in [-0.2, 0) is 20.9 Å². The number of methoxy groups -OCH3 is 1. The zero-order valence-corrected chi connectivity index (χ0v) is 15.8. The highest BCUT2D eigenvalue weighted by atomic mass is 19.1. The van der Waals surface area contributed by atoms with Crippen LogP contribution in [0, 0.1) is 11.7 Å². The van der Waals surface area contributed by atoms with E-state index in [1.807, 2.05) is 18.2 Å². The molecule has 0 spiro atoms. The molecule has 6 nitrogen and oxygen atoms in total. The number of hydrogen-bond acceptors (Lipinski definition) is 4. The van der Waals surface area contributed by atoms with Gasteiger partial charge < -0.3 is 15.0 Å². The summed E-state index contributed by atoms with van der Waals surface area (Å²) < 4.78 is 18.3. The molecule has 2 unspecified atom stereocenters. The standard InChI is InChI=1S/C21H24FN3O3/c1-28-14-20(26)25-13-16(21(27)24-12-18-4-2-3-11-23-18)7-10-19(25)15-5-8-17(22)9-6-15/h2-6,8-9,11,16,19H,7,10,12-14H2,1H3,(H,24,27). The number of hydrogen-bond donors (Lipinski definition) is 1. The summed E-state index contributed by atoms with van der Waals surface area (Å²) in [6.45, 7) is 0.599. The maximum atomic E-state index is 13.3. The minimum Gasteiger partial charge on any atom is -0.375 e. The van der Waals surface area contributed by atoms with Gasteiger partial charge in [-0.05, 0) is 42.7 Å². The summed E-state index contributed by atoms with van der Waals surface area (Å²) in [5.74, 6) is -0.903. The van der Waals surface area contributed by atoms with Crippen molar-refractivity contribution in [2.24, 2.45) is 5.92 Å². The zero-order valence-electron chi connectivity index (χ0n) is 15.8. The number of ether oxygens (including phenoxy) is 1. The lowest BCUT2D eigenvalue weighted by Gasteiger charge is -2.39. The molecule has 28 heavy (non-hydrogen) atoms.